The van der Waals surface area contributed by atoms with E-state index in [2.05, 4.69) is 10.1 Å². The molecule has 0 unspecified atom stereocenters. The quantitative estimate of drug-likeness (QED) is 0.510. The minimum Gasteiger partial charge on any atom is -0.407 e. The Kier molecular flexibility index (Phi) is 5.00. The Labute approximate surface area is 152 Å². The van der Waals surface area contributed by atoms with Crippen LogP contribution >= 0.6 is 23.1 Å². The largest absolute Gasteiger partial charge is 0.407 e. The zero-order chi connectivity index (χ0) is 18.0. The number of carbonyl (C=O) groups is 2. The summed E-state index contributed by atoms with van der Waals surface area (Å²) >= 11 is 2.44. The summed E-state index contributed by atoms with van der Waals surface area (Å²) in [5, 5.41) is 6.31. The fourth-order valence-electron chi connectivity index (χ4n) is 2.32. The van der Waals surface area contributed by atoms with Gasteiger partial charge in [-0.2, -0.15) is 9.78 Å². The molecule has 0 spiro atoms. The average Bonchev–Trinajstić information content (AvgIpc) is 3.11. The third kappa shape index (κ3) is 3.80. The van der Waals surface area contributed by atoms with Gasteiger partial charge in [-0.25, -0.2) is 4.98 Å². The fourth-order valence-corrected chi connectivity index (χ4v) is 3.93. The molecule has 3 rings (SSSR count). The van der Waals surface area contributed by atoms with Crippen molar-refractivity contribution in [3.05, 3.63) is 41.4 Å². The van der Waals surface area contributed by atoms with Gasteiger partial charge in [-0.15, -0.1) is 11.3 Å². The molecule has 6 nitrogen and oxygen atoms in total. The van der Waals surface area contributed by atoms with Crippen LogP contribution in [-0.4, -0.2) is 25.8 Å². The molecule has 1 aromatic carbocycles. The lowest BCUT2D eigenvalue weighted by atomic mass is 10.2. The Bertz CT molecular complexity index is 932. The average molecular weight is 373 g/mol. The van der Waals surface area contributed by atoms with Crippen molar-refractivity contribution in [2.75, 3.05) is 0 Å². The van der Waals surface area contributed by atoms with Crippen molar-refractivity contribution in [1.82, 2.24) is 14.8 Å². The number of hydrogen-bond acceptors (Lipinski definition) is 7. The smallest absolute Gasteiger partial charge is 0.309 e. The third-order valence-corrected chi connectivity index (χ3v) is 4.96. The number of carbonyl (C=O) groups excluding carboxylic acids is 2. The molecular formula is C17H15N3O3S2. The van der Waals surface area contributed by atoms with E-state index in [0.717, 1.165) is 17.4 Å². The molecule has 0 bridgehead atoms. The summed E-state index contributed by atoms with van der Waals surface area (Å²) in [6.45, 7) is 4.67. The van der Waals surface area contributed by atoms with Gasteiger partial charge < -0.3 is 4.74 Å². The van der Waals surface area contributed by atoms with Gasteiger partial charge in [-0.05, 0) is 30.8 Å². The molecular weight excluding hydrogens is 358 g/mol. The fraction of sp³-hybridized carbons (Fsp3) is 0.176. The van der Waals surface area contributed by atoms with E-state index in [4.69, 9.17) is 4.74 Å². The molecule has 0 aliphatic heterocycles. The van der Waals surface area contributed by atoms with Gasteiger partial charge in [0.1, 0.15) is 0 Å². The minimum atomic E-state index is -0.438. The lowest BCUT2D eigenvalue weighted by molar-refractivity contribution is -0.132. The number of esters is 1. The second-order valence-corrected chi connectivity index (χ2v) is 7.48. The number of thiazole rings is 1. The Morgan fingerprint density at radius 1 is 1.20 bits per heavy atom. The third-order valence-electron chi connectivity index (χ3n) is 3.23. The second kappa shape index (κ2) is 7.20. The number of benzene rings is 1. The van der Waals surface area contributed by atoms with E-state index < -0.39 is 5.97 Å². The molecule has 8 heteroatoms. The van der Waals surface area contributed by atoms with E-state index in [0.29, 0.717) is 27.2 Å². The Hall–Kier alpha value is -2.45. The van der Waals surface area contributed by atoms with Crippen LogP contribution in [0.2, 0.25) is 0 Å². The molecule has 0 fully saturated rings. The minimum absolute atomic E-state index is 0.0298. The second-order valence-electron chi connectivity index (χ2n) is 5.20. The highest BCUT2D eigenvalue weighted by Gasteiger charge is 2.23. The molecule has 0 radical (unpaired) electrons. The summed E-state index contributed by atoms with van der Waals surface area (Å²) < 4.78 is 7.68. The number of hydrogen-bond donors (Lipinski definition) is 0. The maximum absolute atomic E-state index is 11.6. The first kappa shape index (κ1) is 17.4. The summed E-state index contributed by atoms with van der Waals surface area (Å²) in [5.74, 6) is -0.118. The van der Waals surface area contributed by atoms with Crippen LogP contribution in [0.3, 0.4) is 0 Å². The number of thioether (sulfide) groups is 1. The maximum atomic E-state index is 11.6. The highest BCUT2D eigenvalue weighted by molar-refractivity contribution is 8.14. The van der Waals surface area contributed by atoms with Gasteiger partial charge in [-0.1, -0.05) is 18.2 Å². The predicted molar refractivity (Wildman–Crippen MR) is 97.3 cm³/mol. The summed E-state index contributed by atoms with van der Waals surface area (Å²) in [7, 11) is 0. The maximum Gasteiger partial charge on any atom is 0.309 e. The van der Waals surface area contributed by atoms with Crippen LogP contribution in [0.4, 0.5) is 0 Å². The van der Waals surface area contributed by atoms with Crippen LogP contribution in [0.1, 0.15) is 19.5 Å². The SMILES string of the molecule is CC(=O)Oc1c(-c2csc(SC(C)=O)n2)c(C)nn1-c1ccccc1. The standard InChI is InChI=1S/C17H15N3O3S2/c1-10-15(14-9-24-17(18-14)25-12(3)22)16(23-11(2)21)20(19-10)13-7-5-4-6-8-13/h4-9H,1-3H3. The van der Waals surface area contributed by atoms with Crippen molar-refractivity contribution in [3.63, 3.8) is 0 Å². The molecule has 0 aliphatic rings. The highest BCUT2D eigenvalue weighted by Crippen LogP contribution is 2.37. The van der Waals surface area contributed by atoms with Crippen molar-refractivity contribution < 1.29 is 14.3 Å². The zero-order valence-corrected chi connectivity index (χ0v) is 15.5. The normalized spacial score (nSPS) is 10.7. The van der Waals surface area contributed by atoms with Crippen LogP contribution < -0.4 is 4.74 Å². The molecule has 0 amide bonds. The zero-order valence-electron chi connectivity index (χ0n) is 13.8. The van der Waals surface area contributed by atoms with Crippen LogP contribution in [0.5, 0.6) is 5.88 Å². The number of aryl methyl sites for hydroxylation is 1. The molecule has 0 aliphatic carbocycles. The molecule has 0 saturated heterocycles. The lowest BCUT2D eigenvalue weighted by Crippen LogP contribution is -2.08. The molecule has 0 atom stereocenters. The van der Waals surface area contributed by atoms with Gasteiger partial charge in [0.15, 0.2) is 9.45 Å². The first-order valence-electron chi connectivity index (χ1n) is 7.43. The Morgan fingerprint density at radius 2 is 1.92 bits per heavy atom. The van der Waals surface area contributed by atoms with E-state index in [1.807, 2.05) is 42.6 Å². The molecule has 2 aromatic heterocycles. The van der Waals surface area contributed by atoms with Crippen molar-refractivity contribution in [2.24, 2.45) is 0 Å². The topological polar surface area (TPSA) is 74.1 Å². The number of para-hydroxylation sites is 1. The first-order valence-corrected chi connectivity index (χ1v) is 9.13. The number of nitrogens with zero attached hydrogens (tertiary/aromatic N) is 3. The van der Waals surface area contributed by atoms with Gasteiger partial charge in [0, 0.05) is 19.2 Å². The van der Waals surface area contributed by atoms with E-state index in [1.54, 1.807) is 4.68 Å². The molecule has 0 N–H and O–H groups in total. The number of rotatable bonds is 4. The van der Waals surface area contributed by atoms with Crippen molar-refractivity contribution >= 4 is 34.2 Å². The molecule has 2 heterocycles. The molecule has 0 saturated carbocycles. The van der Waals surface area contributed by atoms with Crippen LogP contribution in [0.25, 0.3) is 16.9 Å². The van der Waals surface area contributed by atoms with Gasteiger partial charge in [0.25, 0.3) is 0 Å². The highest BCUT2D eigenvalue weighted by atomic mass is 32.2. The van der Waals surface area contributed by atoms with Gasteiger partial charge in [-0.3, -0.25) is 9.59 Å². The Balaban J connectivity index is 2.12. The van der Waals surface area contributed by atoms with Gasteiger partial charge >= 0.3 is 5.97 Å². The first-order chi connectivity index (χ1) is 12.0. The van der Waals surface area contributed by atoms with Crippen molar-refractivity contribution in [3.8, 4) is 22.8 Å². The lowest BCUT2D eigenvalue weighted by Gasteiger charge is -2.07. The van der Waals surface area contributed by atoms with E-state index >= 15 is 0 Å². The Morgan fingerprint density at radius 3 is 2.56 bits per heavy atom. The summed E-state index contributed by atoms with van der Waals surface area (Å²) in [6.07, 6.45) is 0. The van der Waals surface area contributed by atoms with Crippen LogP contribution in [0.15, 0.2) is 40.1 Å². The summed E-state index contributed by atoms with van der Waals surface area (Å²) in [5.41, 5.74) is 2.74. The molecule has 25 heavy (non-hydrogen) atoms. The number of aromatic nitrogens is 3. The summed E-state index contributed by atoms with van der Waals surface area (Å²) in [4.78, 5) is 27.4. The van der Waals surface area contributed by atoms with E-state index in [1.165, 1.54) is 25.2 Å². The van der Waals surface area contributed by atoms with E-state index in [9.17, 15) is 9.59 Å². The molecule has 3 aromatic rings. The van der Waals surface area contributed by atoms with Crippen LogP contribution in [-0.2, 0) is 9.59 Å². The van der Waals surface area contributed by atoms with E-state index in [-0.39, 0.29) is 5.12 Å². The monoisotopic (exact) mass is 373 g/mol. The van der Waals surface area contributed by atoms with Crippen molar-refractivity contribution in [1.29, 1.82) is 0 Å². The van der Waals surface area contributed by atoms with Gasteiger partial charge in [0.2, 0.25) is 5.88 Å². The predicted octanol–water partition coefficient (Wildman–Crippen LogP) is 3.87. The van der Waals surface area contributed by atoms with Gasteiger partial charge in [0.05, 0.1) is 22.6 Å². The molecule has 128 valence electrons. The summed E-state index contributed by atoms with van der Waals surface area (Å²) in [6, 6.07) is 9.42. The van der Waals surface area contributed by atoms with Crippen LogP contribution in [0, 0.1) is 6.92 Å². The van der Waals surface area contributed by atoms with Crippen molar-refractivity contribution in [2.45, 2.75) is 25.1 Å². The number of ether oxygens (including phenoxy) is 1.